The number of benzene rings is 2. The molecule has 39 heavy (non-hydrogen) atoms. The average Bonchev–Trinajstić information content (AvgIpc) is 3.55. The van der Waals surface area contributed by atoms with E-state index in [0.29, 0.717) is 17.0 Å². The molecule has 11 nitrogen and oxygen atoms in total. The van der Waals surface area contributed by atoms with Gasteiger partial charge in [0.15, 0.2) is 10.7 Å². The van der Waals surface area contributed by atoms with Gasteiger partial charge in [-0.3, -0.25) is 14.2 Å². The minimum Gasteiger partial charge on any atom is -0.480 e. The Balaban J connectivity index is 1.41. The molecule has 0 bridgehead atoms. The van der Waals surface area contributed by atoms with Crippen LogP contribution in [0.5, 0.6) is 5.88 Å². The van der Waals surface area contributed by atoms with E-state index in [0.717, 1.165) is 11.1 Å². The highest BCUT2D eigenvalue weighted by molar-refractivity contribution is 7.92. The number of aromatic nitrogens is 4. The number of carbonyl (C=O) groups excluding carboxylic acids is 1. The van der Waals surface area contributed by atoms with Gasteiger partial charge in [0.05, 0.1) is 30.9 Å². The first-order valence-corrected chi connectivity index (χ1v) is 13.2. The number of hydrogen-bond donors (Lipinski definition) is 2. The van der Waals surface area contributed by atoms with E-state index in [1.165, 1.54) is 30.3 Å². The van der Waals surface area contributed by atoms with Crippen LogP contribution < -0.4 is 14.8 Å². The van der Waals surface area contributed by atoms with Crippen LogP contribution in [0.2, 0.25) is 0 Å². The minimum absolute atomic E-state index is 0.104. The Bertz CT molecular complexity index is 1750. The van der Waals surface area contributed by atoms with Crippen molar-refractivity contribution in [2.24, 2.45) is 7.05 Å². The summed E-state index contributed by atoms with van der Waals surface area (Å²) >= 11 is 0. The van der Waals surface area contributed by atoms with Crippen molar-refractivity contribution in [1.82, 2.24) is 19.7 Å². The van der Waals surface area contributed by atoms with Crippen molar-refractivity contribution in [3.05, 3.63) is 90.6 Å². The monoisotopic (exact) mass is 544 g/mol. The zero-order chi connectivity index (χ0) is 27.6. The summed E-state index contributed by atoms with van der Waals surface area (Å²) in [6.07, 6.45) is 2.72. The molecule has 3 heterocycles. The standard InChI is InChI=1S/C27H24N6O5S/c1-17-23(19-12-8-5-9-13-19)31-33(2)24(17)32-39(35,36)22-14-20(15-28-26(22)37-3)30-25(34)27-29-16-21(38-27)18-10-6-4-7-11-18/h4-16,32H,1-3H3,(H,30,34). The number of oxazole rings is 1. The maximum absolute atomic E-state index is 13.5. The predicted octanol–water partition coefficient (Wildman–Crippen LogP) is 4.51. The molecule has 2 aromatic carbocycles. The highest BCUT2D eigenvalue weighted by Gasteiger charge is 2.26. The molecule has 0 aliphatic rings. The smallest absolute Gasteiger partial charge is 0.311 e. The van der Waals surface area contributed by atoms with Gasteiger partial charge in [0.1, 0.15) is 5.82 Å². The van der Waals surface area contributed by atoms with Crippen LogP contribution in [0.15, 0.2) is 88.4 Å². The molecule has 3 aromatic heterocycles. The Morgan fingerprint density at radius 3 is 2.31 bits per heavy atom. The van der Waals surface area contributed by atoms with Crippen molar-refractivity contribution in [2.45, 2.75) is 11.8 Å². The summed E-state index contributed by atoms with van der Waals surface area (Å²) in [5.74, 6) is -0.311. The number of anilines is 2. The molecule has 0 radical (unpaired) electrons. The molecular weight excluding hydrogens is 520 g/mol. The SMILES string of the molecule is COc1ncc(NC(=O)c2ncc(-c3ccccc3)o2)cc1S(=O)(=O)Nc1c(C)c(-c2ccccc2)nn1C. The molecule has 0 fully saturated rings. The third-order valence-electron chi connectivity index (χ3n) is 5.88. The van der Waals surface area contributed by atoms with Gasteiger partial charge >= 0.3 is 5.91 Å². The first-order chi connectivity index (χ1) is 18.8. The normalized spacial score (nSPS) is 11.3. The maximum atomic E-state index is 13.5. The third-order valence-corrected chi connectivity index (χ3v) is 7.21. The maximum Gasteiger partial charge on any atom is 0.311 e. The van der Waals surface area contributed by atoms with E-state index in [1.807, 2.05) is 60.7 Å². The Morgan fingerprint density at radius 2 is 1.64 bits per heavy atom. The first kappa shape index (κ1) is 25.7. The van der Waals surface area contributed by atoms with E-state index < -0.39 is 15.9 Å². The van der Waals surface area contributed by atoms with Crippen molar-refractivity contribution in [1.29, 1.82) is 0 Å². The van der Waals surface area contributed by atoms with Gasteiger partial charge in [0, 0.05) is 23.7 Å². The Morgan fingerprint density at radius 1 is 0.974 bits per heavy atom. The van der Waals surface area contributed by atoms with Gasteiger partial charge in [-0.2, -0.15) is 5.10 Å². The van der Waals surface area contributed by atoms with Crippen LogP contribution >= 0.6 is 0 Å². The van der Waals surface area contributed by atoms with Crippen LogP contribution in [0.4, 0.5) is 11.5 Å². The Hall–Kier alpha value is -4.97. The van der Waals surface area contributed by atoms with E-state index in [-0.39, 0.29) is 28.2 Å². The Labute approximate surface area is 224 Å². The minimum atomic E-state index is -4.21. The molecule has 0 saturated carbocycles. The van der Waals surface area contributed by atoms with Crippen molar-refractivity contribution in [3.8, 4) is 28.5 Å². The fourth-order valence-corrected chi connectivity index (χ4v) is 5.27. The average molecular weight is 545 g/mol. The largest absolute Gasteiger partial charge is 0.480 e. The lowest BCUT2D eigenvalue weighted by molar-refractivity contribution is 0.0991. The summed E-state index contributed by atoms with van der Waals surface area (Å²) in [4.78, 5) is 20.6. The summed E-state index contributed by atoms with van der Waals surface area (Å²) in [7, 11) is -1.27. The number of rotatable bonds is 8. The van der Waals surface area contributed by atoms with Crippen LogP contribution in [0.25, 0.3) is 22.6 Å². The quantitative estimate of drug-likeness (QED) is 0.291. The number of aryl methyl sites for hydroxylation is 1. The third kappa shape index (κ3) is 5.22. The number of ether oxygens (including phenoxy) is 1. The molecule has 0 atom stereocenters. The molecule has 0 aliphatic carbocycles. The molecule has 0 aliphatic heterocycles. The topological polar surface area (TPSA) is 141 Å². The van der Waals surface area contributed by atoms with E-state index in [9.17, 15) is 13.2 Å². The number of sulfonamides is 1. The number of nitrogens with zero attached hydrogens (tertiary/aromatic N) is 4. The van der Waals surface area contributed by atoms with Gasteiger partial charge in [-0.05, 0) is 13.0 Å². The lowest BCUT2D eigenvalue weighted by atomic mass is 10.1. The molecule has 198 valence electrons. The van der Waals surface area contributed by atoms with Gasteiger partial charge in [-0.1, -0.05) is 60.7 Å². The number of amides is 1. The van der Waals surface area contributed by atoms with Crippen LogP contribution in [0.3, 0.4) is 0 Å². The second kappa shape index (κ2) is 10.4. The molecular formula is C27H24N6O5S. The number of hydrogen-bond acceptors (Lipinski definition) is 8. The summed E-state index contributed by atoms with van der Waals surface area (Å²) < 4.78 is 41.8. The fourth-order valence-electron chi connectivity index (χ4n) is 3.97. The van der Waals surface area contributed by atoms with Gasteiger partial charge in [-0.25, -0.2) is 18.4 Å². The highest BCUT2D eigenvalue weighted by atomic mass is 32.2. The van der Waals surface area contributed by atoms with E-state index in [1.54, 1.807) is 14.0 Å². The van der Waals surface area contributed by atoms with Crippen molar-refractivity contribution >= 4 is 27.4 Å². The number of pyridine rings is 1. The van der Waals surface area contributed by atoms with Crippen molar-refractivity contribution in [3.63, 3.8) is 0 Å². The molecule has 0 unspecified atom stereocenters. The van der Waals surface area contributed by atoms with E-state index >= 15 is 0 Å². The van der Waals surface area contributed by atoms with Crippen molar-refractivity contribution < 1.29 is 22.4 Å². The second-order valence-electron chi connectivity index (χ2n) is 8.50. The summed E-state index contributed by atoms with van der Waals surface area (Å²) in [5, 5.41) is 7.06. The van der Waals surface area contributed by atoms with Gasteiger partial charge < -0.3 is 14.5 Å². The fraction of sp³-hybridized carbons (Fsp3) is 0.111. The Kier molecular flexibility index (Phi) is 6.86. The predicted molar refractivity (Wildman–Crippen MR) is 145 cm³/mol. The summed E-state index contributed by atoms with van der Waals surface area (Å²) in [6.45, 7) is 1.78. The van der Waals surface area contributed by atoms with Crippen LogP contribution in [-0.2, 0) is 17.1 Å². The number of carbonyl (C=O) groups is 1. The summed E-state index contributed by atoms with van der Waals surface area (Å²) in [6, 6.07) is 19.9. The van der Waals surface area contributed by atoms with Crippen LogP contribution in [-0.4, -0.2) is 41.2 Å². The molecule has 12 heteroatoms. The van der Waals surface area contributed by atoms with Gasteiger partial charge in [0.25, 0.3) is 15.9 Å². The zero-order valence-electron chi connectivity index (χ0n) is 21.2. The van der Waals surface area contributed by atoms with Crippen molar-refractivity contribution in [2.75, 3.05) is 17.1 Å². The second-order valence-corrected chi connectivity index (χ2v) is 10.1. The molecule has 1 amide bonds. The number of nitrogens with one attached hydrogen (secondary N) is 2. The number of methoxy groups -OCH3 is 1. The molecule has 2 N–H and O–H groups in total. The molecule has 0 spiro atoms. The van der Waals surface area contributed by atoms with Crippen LogP contribution in [0, 0.1) is 6.92 Å². The van der Waals surface area contributed by atoms with Gasteiger partial charge in [-0.15, -0.1) is 0 Å². The lowest BCUT2D eigenvalue weighted by Crippen LogP contribution is -2.18. The van der Waals surface area contributed by atoms with Crippen LogP contribution in [0.1, 0.15) is 16.2 Å². The first-order valence-electron chi connectivity index (χ1n) is 11.8. The molecule has 0 saturated heterocycles. The van der Waals surface area contributed by atoms with E-state index in [2.05, 4.69) is 25.1 Å². The lowest BCUT2D eigenvalue weighted by Gasteiger charge is -2.13. The molecule has 5 aromatic rings. The highest BCUT2D eigenvalue weighted by Crippen LogP contribution is 2.31. The van der Waals surface area contributed by atoms with Gasteiger partial charge in [0.2, 0.25) is 5.88 Å². The molecule has 5 rings (SSSR count). The summed E-state index contributed by atoms with van der Waals surface area (Å²) in [5.41, 5.74) is 2.99. The van der Waals surface area contributed by atoms with E-state index in [4.69, 9.17) is 9.15 Å². The zero-order valence-corrected chi connectivity index (χ0v) is 22.1.